The van der Waals surface area contributed by atoms with Crippen molar-refractivity contribution >= 4 is 11.6 Å². The van der Waals surface area contributed by atoms with Gasteiger partial charge in [-0.25, -0.2) is 0 Å². The molecule has 0 aromatic heterocycles. The summed E-state index contributed by atoms with van der Waals surface area (Å²) in [5.41, 5.74) is 10.2. The lowest BCUT2D eigenvalue weighted by Crippen LogP contribution is -2.51. The molecule has 132 valence electrons. The van der Waals surface area contributed by atoms with Crippen LogP contribution in [0.4, 0.5) is 5.69 Å². The van der Waals surface area contributed by atoms with Gasteiger partial charge in [-0.2, -0.15) is 0 Å². The van der Waals surface area contributed by atoms with Crippen LogP contribution in [0.3, 0.4) is 0 Å². The molecular weight excluding hydrogens is 300 g/mol. The molecule has 0 radical (unpaired) electrons. The van der Waals surface area contributed by atoms with Gasteiger partial charge in [0.05, 0.1) is 6.54 Å². The van der Waals surface area contributed by atoms with Crippen molar-refractivity contribution in [2.24, 2.45) is 10.7 Å². The van der Waals surface area contributed by atoms with Gasteiger partial charge in [-0.05, 0) is 69.8 Å². The monoisotopic (exact) mass is 330 g/mol. The lowest BCUT2D eigenvalue weighted by atomic mass is 9.89. The van der Waals surface area contributed by atoms with Gasteiger partial charge < -0.3 is 20.7 Å². The topological polar surface area (TPSA) is 62.9 Å². The number of aryl methyl sites for hydroxylation is 1. The van der Waals surface area contributed by atoms with Gasteiger partial charge in [0.25, 0.3) is 0 Å². The van der Waals surface area contributed by atoms with E-state index in [1.165, 1.54) is 30.4 Å². The summed E-state index contributed by atoms with van der Waals surface area (Å²) >= 11 is 0. The van der Waals surface area contributed by atoms with E-state index >= 15 is 0 Å². The van der Waals surface area contributed by atoms with Crippen molar-refractivity contribution < 1.29 is 4.74 Å². The lowest BCUT2D eigenvalue weighted by molar-refractivity contribution is -0.00249. The number of nitrogens with one attached hydrogen (secondary N) is 1. The fraction of sp³-hybridized carbons (Fsp3) is 0.632. The van der Waals surface area contributed by atoms with E-state index in [4.69, 9.17) is 10.5 Å². The molecule has 1 saturated heterocycles. The lowest BCUT2D eigenvalue weighted by Gasteiger charge is -2.41. The highest BCUT2D eigenvalue weighted by molar-refractivity contribution is 5.93. The molecule has 5 nitrogen and oxygen atoms in total. The van der Waals surface area contributed by atoms with Gasteiger partial charge in [-0.15, -0.1) is 0 Å². The smallest absolute Gasteiger partial charge is 0.193 e. The molecule has 2 aliphatic rings. The largest absolute Gasteiger partial charge is 0.381 e. The van der Waals surface area contributed by atoms with Crippen molar-refractivity contribution in [3.63, 3.8) is 0 Å². The van der Waals surface area contributed by atoms with Crippen LogP contribution in [0.25, 0.3) is 0 Å². The Balaban J connectivity index is 1.70. The SMILES string of the molecule is CN(C)C1(CN=C(N)Nc2cccc3c2CCCC3)CCOCC1. The van der Waals surface area contributed by atoms with Crippen molar-refractivity contribution in [3.05, 3.63) is 29.3 Å². The molecule has 0 atom stereocenters. The van der Waals surface area contributed by atoms with Crippen LogP contribution in [-0.2, 0) is 17.6 Å². The second-order valence-electron chi connectivity index (χ2n) is 7.21. The highest BCUT2D eigenvalue weighted by Crippen LogP contribution is 2.28. The zero-order chi connectivity index (χ0) is 17.0. The Morgan fingerprint density at radius 1 is 1.25 bits per heavy atom. The molecule has 1 heterocycles. The van der Waals surface area contributed by atoms with Gasteiger partial charge >= 0.3 is 0 Å². The average Bonchev–Trinajstić information content (AvgIpc) is 2.61. The van der Waals surface area contributed by atoms with Gasteiger partial charge in [0.15, 0.2) is 5.96 Å². The quantitative estimate of drug-likeness (QED) is 0.657. The minimum Gasteiger partial charge on any atom is -0.381 e. The van der Waals surface area contributed by atoms with Crippen molar-refractivity contribution in [1.29, 1.82) is 0 Å². The highest BCUT2D eigenvalue weighted by atomic mass is 16.5. The van der Waals surface area contributed by atoms with Gasteiger partial charge in [0.2, 0.25) is 0 Å². The summed E-state index contributed by atoms with van der Waals surface area (Å²) in [5.74, 6) is 0.515. The fourth-order valence-electron chi connectivity index (χ4n) is 3.81. The third kappa shape index (κ3) is 3.73. The van der Waals surface area contributed by atoms with Crippen LogP contribution < -0.4 is 11.1 Å². The molecule has 0 unspecified atom stereocenters. The predicted octanol–water partition coefficient (Wildman–Crippen LogP) is 2.40. The molecule has 0 amide bonds. The number of likely N-dealkylation sites (N-methyl/N-ethyl adjacent to an activating group) is 1. The number of guanidine groups is 1. The number of ether oxygens (including phenoxy) is 1. The second-order valence-corrected chi connectivity index (χ2v) is 7.21. The van der Waals surface area contributed by atoms with Crippen LogP contribution in [0.2, 0.25) is 0 Å². The summed E-state index contributed by atoms with van der Waals surface area (Å²) in [4.78, 5) is 6.95. The van der Waals surface area contributed by atoms with Gasteiger partial charge in [0, 0.05) is 24.4 Å². The number of nitrogens with two attached hydrogens (primary N) is 1. The minimum atomic E-state index is 0.0562. The molecule has 0 spiro atoms. The van der Waals surface area contributed by atoms with E-state index < -0.39 is 0 Å². The van der Waals surface area contributed by atoms with Crippen molar-refractivity contribution in [3.8, 4) is 0 Å². The number of aliphatic imine (C=N–C) groups is 1. The summed E-state index contributed by atoms with van der Waals surface area (Å²) in [5, 5.41) is 3.34. The maximum absolute atomic E-state index is 6.20. The molecule has 1 aliphatic carbocycles. The zero-order valence-electron chi connectivity index (χ0n) is 15.0. The number of anilines is 1. The predicted molar refractivity (Wildman–Crippen MR) is 99.7 cm³/mol. The Morgan fingerprint density at radius 3 is 2.75 bits per heavy atom. The van der Waals surface area contributed by atoms with E-state index in [2.05, 4.69) is 47.5 Å². The summed E-state index contributed by atoms with van der Waals surface area (Å²) < 4.78 is 5.52. The Labute approximate surface area is 145 Å². The first-order chi connectivity index (χ1) is 11.6. The van der Waals surface area contributed by atoms with Crippen LogP contribution >= 0.6 is 0 Å². The second kappa shape index (κ2) is 7.53. The number of nitrogens with zero attached hydrogens (tertiary/aromatic N) is 2. The standard InChI is InChI=1S/C19H30N4O/c1-23(2)19(10-12-24-13-11-19)14-21-18(20)22-17-9-5-7-15-6-3-4-8-16(15)17/h5,7,9H,3-4,6,8,10-14H2,1-2H3,(H3,20,21,22). The molecule has 24 heavy (non-hydrogen) atoms. The fourth-order valence-corrected chi connectivity index (χ4v) is 3.81. The molecular formula is C19H30N4O. The maximum atomic E-state index is 6.20. The summed E-state index contributed by atoms with van der Waals surface area (Å²) in [6, 6.07) is 6.46. The Morgan fingerprint density at radius 2 is 2.00 bits per heavy atom. The summed E-state index contributed by atoms with van der Waals surface area (Å²) in [6.45, 7) is 2.30. The first-order valence-corrected chi connectivity index (χ1v) is 9.04. The Hall–Kier alpha value is -1.59. The average molecular weight is 330 g/mol. The van der Waals surface area contributed by atoms with Gasteiger partial charge in [-0.1, -0.05) is 12.1 Å². The summed E-state index contributed by atoms with van der Waals surface area (Å²) in [7, 11) is 4.25. The van der Waals surface area contributed by atoms with Crippen LogP contribution in [0.1, 0.15) is 36.8 Å². The van der Waals surface area contributed by atoms with Crippen LogP contribution in [0, 0.1) is 0 Å². The van der Waals surface area contributed by atoms with Gasteiger partial charge in [-0.3, -0.25) is 4.99 Å². The van der Waals surface area contributed by atoms with Crippen LogP contribution in [0.5, 0.6) is 0 Å². The third-order valence-electron chi connectivity index (χ3n) is 5.57. The zero-order valence-corrected chi connectivity index (χ0v) is 15.0. The van der Waals surface area contributed by atoms with Crippen molar-refractivity contribution in [2.75, 3.05) is 39.2 Å². The molecule has 1 aliphatic heterocycles. The number of hydrogen-bond donors (Lipinski definition) is 2. The summed E-state index contributed by atoms with van der Waals surface area (Å²) in [6.07, 6.45) is 6.84. The molecule has 1 aromatic carbocycles. The molecule has 1 aromatic rings. The molecule has 5 heteroatoms. The van der Waals surface area contributed by atoms with Crippen molar-refractivity contribution in [1.82, 2.24) is 4.90 Å². The third-order valence-corrected chi connectivity index (χ3v) is 5.57. The number of rotatable bonds is 4. The number of benzene rings is 1. The van der Waals surface area contributed by atoms with E-state index in [0.29, 0.717) is 12.5 Å². The molecule has 3 rings (SSSR count). The van der Waals surface area contributed by atoms with E-state index in [1.54, 1.807) is 0 Å². The van der Waals surface area contributed by atoms with Crippen LogP contribution in [0.15, 0.2) is 23.2 Å². The molecule has 0 saturated carbocycles. The normalized spacial score (nSPS) is 20.7. The van der Waals surface area contributed by atoms with Crippen molar-refractivity contribution in [2.45, 2.75) is 44.1 Å². The van der Waals surface area contributed by atoms with Crippen LogP contribution in [-0.4, -0.2) is 50.3 Å². The first kappa shape index (κ1) is 17.2. The minimum absolute atomic E-state index is 0.0562. The number of hydrogen-bond acceptors (Lipinski definition) is 3. The van der Waals surface area contributed by atoms with E-state index in [1.807, 2.05) is 0 Å². The molecule has 3 N–H and O–H groups in total. The van der Waals surface area contributed by atoms with E-state index in [0.717, 1.165) is 38.2 Å². The Kier molecular flexibility index (Phi) is 5.41. The number of fused-ring (bicyclic) bond motifs is 1. The highest BCUT2D eigenvalue weighted by Gasteiger charge is 2.34. The first-order valence-electron chi connectivity index (χ1n) is 9.04. The molecule has 0 bridgehead atoms. The van der Waals surface area contributed by atoms with E-state index in [9.17, 15) is 0 Å². The van der Waals surface area contributed by atoms with E-state index in [-0.39, 0.29) is 5.54 Å². The Bertz CT molecular complexity index is 591. The molecule has 1 fully saturated rings. The van der Waals surface area contributed by atoms with Gasteiger partial charge in [0.1, 0.15) is 0 Å². The maximum Gasteiger partial charge on any atom is 0.193 e.